The van der Waals surface area contributed by atoms with Crippen LogP contribution in [0, 0.1) is 10.1 Å². The van der Waals surface area contributed by atoms with Gasteiger partial charge in [-0.1, -0.05) is 6.07 Å². The van der Waals surface area contributed by atoms with Gasteiger partial charge in [0.1, 0.15) is 5.69 Å². The van der Waals surface area contributed by atoms with Crippen molar-refractivity contribution in [3.05, 3.63) is 52.1 Å². The Kier molecular flexibility index (Phi) is 6.95. The molecular formula is C17H16F3N3O7S. The van der Waals surface area contributed by atoms with E-state index in [4.69, 9.17) is 15.2 Å². The van der Waals surface area contributed by atoms with Gasteiger partial charge in [0.05, 0.1) is 16.9 Å². The smallest absolute Gasteiger partial charge is 0.493 e. The molecule has 0 aromatic heterocycles. The predicted octanol–water partition coefficient (Wildman–Crippen LogP) is 2.37. The van der Waals surface area contributed by atoms with Gasteiger partial charge in [-0.3, -0.25) is 14.9 Å². The largest absolute Gasteiger partial charge is 0.501 e. The number of benzene rings is 2. The van der Waals surface area contributed by atoms with Crippen LogP contribution in [-0.4, -0.2) is 38.5 Å². The van der Waals surface area contributed by atoms with Gasteiger partial charge >= 0.3 is 5.51 Å². The maximum absolute atomic E-state index is 12.7. The standard InChI is InChI=1S/C17H16F3N3O7S/c1-29-15-6-10(2-5-14(15)30-9-16(21)24)8-22-12-4-3-11(7-13(12)23(25)26)31(27,28)17(18,19)20/h2-7,22H,8-9H2,1H3,(H2,21,24). The van der Waals surface area contributed by atoms with Crippen LogP contribution in [0.2, 0.25) is 0 Å². The third-order valence-electron chi connectivity index (χ3n) is 3.86. The van der Waals surface area contributed by atoms with Gasteiger partial charge < -0.3 is 20.5 Å². The van der Waals surface area contributed by atoms with Crippen LogP contribution < -0.4 is 20.5 Å². The van der Waals surface area contributed by atoms with Crippen molar-refractivity contribution in [1.29, 1.82) is 0 Å². The van der Waals surface area contributed by atoms with E-state index in [2.05, 4.69) is 5.32 Å². The third-order valence-corrected chi connectivity index (χ3v) is 5.35. The Hall–Kier alpha value is -3.55. The molecule has 10 nitrogen and oxygen atoms in total. The minimum absolute atomic E-state index is 0.0291. The van der Waals surface area contributed by atoms with Crippen molar-refractivity contribution in [2.45, 2.75) is 16.9 Å². The van der Waals surface area contributed by atoms with Gasteiger partial charge in [-0.05, 0) is 29.8 Å². The molecule has 0 aliphatic heterocycles. The zero-order chi connectivity index (χ0) is 23.4. The first kappa shape index (κ1) is 23.7. The van der Waals surface area contributed by atoms with Crippen molar-refractivity contribution >= 4 is 27.1 Å². The van der Waals surface area contributed by atoms with E-state index >= 15 is 0 Å². The van der Waals surface area contributed by atoms with Crippen LogP contribution in [0.4, 0.5) is 24.5 Å². The number of sulfone groups is 1. The minimum Gasteiger partial charge on any atom is -0.493 e. The van der Waals surface area contributed by atoms with Crippen LogP contribution in [0.1, 0.15) is 5.56 Å². The molecule has 2 aromatic rings. The van der Waals surface area contributed by atoms with E-state index in [1.807, 2.05) is 0 Å². The number of nitro benzene ring substituents is 1. The lowest BCUT2D eigenvalue weighted by Gasteiger charge is -2.13. The molecule has 14 heteroatoms. The van der Waals surface area contributed by atoms with E-state index in [9.17, 15) is 36.5 Å². The van der Waals surface area contributed by atoms with Crippen LogP contribution in [0.15, 0.2) is 41.3 Å². The number of anilines is 1. The SMILES string of the molecule is COc1cc(CNc2ccc(S(=O)(=O)C(F)(F)F)cc2[N+](=O)[O-])ccc1OCC(N)=O. The first-order valence-electron chi connectivity index (χ1n) is 8.28. The maximum Gasteiger partial charge on any atom is 0.501 e. The number of ether oxygens (including phenoxy) is 2. The first-order valence-corrected chi connectivity index (χ1v) is 9.77. The number of nitrogens with one attached hydrogen (secondary N) is 1. The summed E-state index contributed by atoms with van der Waals surface area (Å²) in [5, 5.41) is 13.9. The van der Waals surface area contributed by atoms with Gasteiger partial charge in [-0.15, -0.1) is 0 Å². The molecule has 0 heterocycles. The Balaban J connectivity index is 2.27. The van der Waals surface area contributed by atoms with Crippen LogP contribution in [0.5, 0.6) is 11.5 Å². The number of amides is 1. The number of hydrogen-bond donors (Lipinski definition) is 2. The number of nitrogens with two attached hydrogens (primary N) is 1. The van der Waals surface area contributed by atoms with Crippen molar-refractivity contribution in [3.63, 3.8) is 0 Å². The second-order valence-electron chi connectivity index (χ2n) is 5.98. The van der Waals surface area contributed by atoms with Gasteiger partial charge in [0.15, 0.2) is 18.1 Å². The number of rotatable bonds is 9. The van der Waals surface area contributed by atoms with E-state index in [1.165, 1.54) is 19.2 Å². The second-order valence-corrected chi connectivity index (χ2v) is 7.92. The molecule has 0 spiro atoms. The molecule has 2 rings (SSSR count). The van der Waals surface area contributed by atoms with Crippen LogP contribution in [-0.2, 0) is 21.2 Å². The Morgan fingerprint density at radius 3 is 2.42 bits per heavy atom. The molecule has 168 valence electrons. The van der Waals surface area contributed by atoms with Gasteiger partial charge in [-0.25, -0.2) is 8.42 Å². The van der Waals surface area contributed by atoms with E-state index in [-0.39, 0.29) is 30.3 Å². The fourth-order valence-electron chi connectivity index (χ4n) is 2.40. The maximum atomic E-state index is 12.7. The highest BCUT2D eigenvalue weighted by Crippen LogP contribution is 2.35. The van der Waals surface area contributed by atoms with Crippen molar-refractivity contribution in [2.75, 3.05) is 19.0 Å². The van der Waals surface area contributed by atoms with Crippen LogP contribution in [0.25, 0.3) is 0 Å². The molecular weight excluding hydrogens is 447 g/mol. The number of nitro groups is 1. The summed E-state index contributed by atoms with van der Waals surface area (Å²) in [7, 11) is -4.40. The molecule has 3 N–H and O–H groups in total. The molecule has 31 heavy (non-hydrogen) atoms. The van der Waals surface area contributed by atoms with E-state index in [0.29, 0.717) is 17.7 Å². The van der Waals surface area contributed by atoms with Crippen LogP contribution >= 0.6 is 0 Å². The molecule has 0 unspecified atom stereocenters. The van der Waals surface area contributed by atoms with Gasteiger partial charge in [-0.2, -0.15) is 13.2 Å². The van der Waals surface area contributed by atoms with Gasteiger partial charge in [0.25, 0.3) is 21.4 Å². The van der Waals surface area contributed by atoms with Gasteiger partial charge in [0.2, 0.25) is 0 Å². The summed E-state index contributed by atoms with van der Waals surface area (Å²) in [6.07, 6.45) is 0. The highest BCUT2D eigenvalue weighted by atomic mass is 32.2. The lowest BCUT2D eigenvalue weighted by molar-refractivity contribution is -0.384. The highest BCUT2D eigenvalue weighted by molar-refractivity contribution is 7.92. The van der Waals surface area contributed by atoms with Crippen molar-refractivity contribution < 1.29 is 40.8 Å². The number of nitrogens with zero attached hydrogens (tertiary/aromatic N) is 1. The summed E-state index contributed by atoms with van der Waals surface area (Å²) in [5.74, 6) is -0.240. The number of alkyl halides is 3. The van der Waals surface area contributed by atoms with E-state index in [1.54, 1.807) is 6.07 Å². The molecule has 0 radical (unpaired) electrons. The molecule has 0 fully saturated rings. The molecule has 0 saturated heterocycles. The van der Waals surface area contributed by atoms with Gasteiger partial charge in [0, 0.05) is 12.6 Å². The monoisotopic (exact) mass is 463 g/mol. The molecule has 0 aliphatic rings. The number of primary amides is 1. The molecule has 2 aromatic carbocycles. The summed E-state index contributed by atoms with van der Waals surface area (Å²) in [5.41, 5.74) is -1.10. The summed E-state index contributed by atoms with van der Waals surface area (Å²) in [6, 6.07) is 6.34. The Morgan fingerprint density at radius 2 is 1.87 bits per heavy atom. The van der Waals surface area contributed by atoms with E-state index in [0.717, 1.165) is 6.07 Å². The second kappa shape index (κ2) is 9.07. The average Bonchev–Trinajstić information content (AvgIpc) is 2.69. The lowest BCUT2D eigenvalue weighted by Crippen LogP contribution is -2.23. The molecule has 0 bridgehead atoms. The van der Waals surface area contributed by atoms with Crippen molar-refractivity contribution in [2.24, 2.45) is 5.73 Å². The highest BCUT2D eigenvalue weighted by Gasteiger charge is 2.47. The molecule has 1 amide bonds. The number of carbonyl (C=O) groups is 1. The predicted molar refractivity (Wildman–Crippen MR) is 101 cm³/mol. The summed E-state index contributed by atoms with van der Waals surface area (Å²) >= 11 is 0. The number of methoxy groups -OCH3 is 1. The Morgan fingerprint density at radius 1 is 1.19 bits per heavy atom. The fourth-order valence-corrected chi connectivity index (χ4v) is 3.18. The lowest BCUT2D eigenvalue weighted by atomic mass is 10.2. The minimum atomic E-state index is -5.74. The average molecular weight is 463 g/mol. The zero-order valence-electron chi connectivity index (χ0n) is 15.8. The Bertz CT molecular complexity index is 1100. The molecule has 0 saturated carbocycles. The Labute approximate surface area is 173 Å². The number of halogens is 3. The first-order chi connectivity index (χ1) is 14.4. The third kappa shape index (κ3) is 5.53. The van der Waals surface area contributed by atoms with E-state index < -0.39 is 36.8 Å². The zero-order valence-corrected chi connectivity index (χ0v) is 16.6. The summed E-state index contributed by atoms with van der Waals surface area (Å²) in [4.78, 5) is 19.8. The molecule has 0 atom stereocenters. The van der Waals surface area contributed by atoms with Crippen LogP contribution in [0.3, 0.4) is 0 Å². The fraction of sp³-hybridized carbons (Fsp3) is 0.235. The van der Waals surface area contributed by atoms with Crippen molar-refractivity contribution in [1.82, 2.24) is 0 Å². The summed E-state index contributed by atoms with van der Waals surface area (Å²) in [6.45, 7) is -0.411. The normalized spacial score (nSPS) is 11.6. The topological polar surface area (TPSA) is 151 Å². The van der Waals surface area contributed by atoms with Crippen molar-refractivity contribution in [3.8, 4) is 11.5 Å². The number of hydrogen-bond acceptors (Lipinski definition) is 8. The summed E-state index contributed by atoms with van der Waals surface area (Å²) < 4.78 is 71.4. The number of carbonyl (C=O) groups excluding carboxylic acids is 1. The quantitative estimate of drug-likeness (QED) is 0.425. The molecule has 0 aliphatic carbocycles.